The first-order valence-corrected chi connectivity index (χ1v) is 9.86. The summed E-state index contributed by atoms with van der Waals surface area (Å²) in [5, 5.41) is 0. The molecule has 6 heteroatoms. The number of pyridine rings is 1. The number of benzene rings is 2. The zero-order valence-corrected chi connectivity index (χ0v) is 15.5. The Hall–Kier alpha value is -2.62. The van der Waals surface area contributed by atoms with Crippen molar-refractivity contribution in [1.29, 1.82) is 0 Å². The molecule has 0 unspecified atom stereocenters. The van der Waals surface area contributed by atoms with Crippen molar-refractivity contribution in [2.24, 2.45) is 0 Å². The number of likely N-dealkylation sites (N-methyl/N-ethyl adjacent to an activating group) is 1. The number of nitrogens with zero attached hydrogens (tertiary/aromatic N) is 2. The van der Waals surface area contributed by atoms with Crippen molar-refractivity contribution < 1.29 is 13.6 Å². The van der Waals surface area contributed by atoms with Gasteiger partial charge in [-0.25, -0.2) is 4.57 Å². The second kappa shape index (κ2) is 8.65. The first-order valence-electron chi connectivity index (χ1n) is 8.36. The van der Waals surface area contributed by atoms with Gasteiger partial charge >= 0.3 is 7.75 Å². The van der Waals surface area contributed by atoms with Crippen LogP contribution in [0.4, 0.5) is 0 Å². The zero-order chi connectivity index (χ0) is 18.2. The molecule has 0 aliphatic heterocycles. The maximum atomic E-state index is 13.5. The van der Waals surface area contributed by atoms with E-state index in [0.717, 1.165) is 5.69 Å². The van der Waals surface area contributed by atoms with Crippen molar-refractivity contribution in [2.45, 2.75) is 6.42 Å². The molecule has 5 nitrogen and oxygen atoms in total. The quantitative estimate of drug-likeness (QED) is 0.534. The number of para-hydroxylation sites is 2. The molecule has 0 N–H and O–H groups in total. The summed E-state index contributed by atoms with van der Waals surface area (Å²) in [6.07, 6.45) is 2.38. The topological polar surface area (TPSA) is 51.7 Å². The molecule has 0 amide bonds. The standard InChI is InChI=1S/C20H21N2O3P/c1-22(17-15-18-10-8-9-16-21-18)26(23,24-19-11-4-2-5-12-19)25-20-13-6-3-7-14-20/h2-14,16H,15,17H2,1H3. The van der Waals surface area contributed by atoms with Crippen molar-refractivity contribution in [3.63, 3.8) is 0 Å². The maximum Gasteiger partial charge on any atom is 0.515 e. The molecular formula is C20H21N2O3P. The zero-order valence-electron chi connectivity index (χ0n) is 14.6. The van der Waals surface area contributed by atoms with Crippen molar-refractivity contribution >= 4 is 7.75 Å². The number of aromatic nitrogens is 1. The van der Waals surface area contributed by atoms with E-state index in [1.54, 1.807) is 42.2 Å². The molecular weight excluding hydrogens is 347 g/mol. The normalized spacial score (nSPS) is 11.3. The lowest BCUT2D eigenvalue weighted by Crippen LogP contribution is -2.24. The molecule has 0 bridgehead atoms. The van der Waals surface area contributed by atoms with Gasteiger partial charge in [-0.2, -0.15) is 4.67 Å². The molecule has 1 heterocycles. The highest BCUT2D eigenvalue weighted by atomic mass is 31.2. The van der Waals surface area contributed by atoms with Crippen LogP contribution in [0.5, 0.6) is 11.5 Å². The van der Waals surface area contributed by atoms with Crippen molar-refractivity contribution in [3.8, 4) is 11.5 Å². The van der Waals surface area contributed by atoms with E-state index in [1.807, 2.05) is 54.6 Å². The molecule has 3 aromatic rings. The summed E-state index contributed by atoms with van der Waals surface area (Å²) in [5.74, 6) is 0.993. The predicted molar refractivity (Wildman–Crippen MR) is 102 cm³/mol. The van der Waals surface area contributed by atoms with E-state index in [9.17, 15) is 4.57 Å². The molecule has 0 radical (unpaired) electrons. The van der Waals surface area contributed by atoms with E-state index in [4.69, 9.17) is 9.05 Å². The van der Waals surface area contributed by atoms with Crippen LogP contribution in [0.15, 0.2) is 85.1 Å². The first kappa shape index (κ1) is 18.2. The third-order valence-corrected chi connectivity index (χ3v) is 5.68. The average Bonchev–Trinajstić information content (AvgIpc) is 2.68. The average molecular weight is 368 g/mol. The number of hydrogen-bond donors (Lipinski definition) is 0. The van der Waals surface area contributed by atoms with Gasteiger partial charge in [0, 0.05) is 24.9 Å². The van der Waals surface area contributed by atoms with Gasteiger partial charge in [-0.05, 0) is 43.4 Å². The molecule has 0 saturated carbocycles. The summed E-state index contributed by atoms with van der Waals surface area (Å²) in [5.41, 5.74) is 0.922. The van der Waals surface area contributed by atoms with E-state index < -0.39 is 7.75 Å². The van der Waals surface area contributed by atoms with Gasteiger partial charge < -0.3 is 9.05 Å². The van der Waals surface area contributed by atoms with E-state index in [2.05, 4.69) is 4.98 Å². The molecule has 0 saturated heterocycles. The minimum Gasteiger partial charge on any atom is -0.404 e. The van der Waals surface area contributed by atoms with Crippen LogP contribution in [0.1, 0.15) is 5.69 Å². The van der Waals surface area contributed by atoms with Gasteiger partial charge in [0.2, 0.25) is 0 Å². The van der Waals surface area contributed by atoms with Crippen LogP contribution in [0.25, 0.3) is 0 Å². The van der Waals surface area contributed by atoms with Gasteiger partial charge in [-0.3, -0.25) is 4.98 Å². The largest absolute Gasteiger partial charge is 0.515 e. The van der Waals surface area contributed by atoms with Crippen molar-refractivity contribution in [3.05, 3.63) is 90.8 Å². The Morgan fingerprint density at radius 3 is 1.88 bits per heavy atom. The molecule has 26 heavy (non-hydrogen) atoms. The summed E-state index contributed by atoms with van der Waals surface area (Å²) in [6.45, 7) is 0.480. The van der Waals surface area contributed by atoms with E-state index in [1.165, 1.54) is 0 Å². The number of hydrogen-bond acceptors (Lipinski definition) is 4. The summed E-state index contributed by atoms with van der Waals surface area (Å²) in [6, 6.07) is 23.8. The van der Waals surface area contributed by atoms with Gasteiger partial charge in [-0.1, -0.05) is 42.5 Å². The van der Waals surface area contributed by atoms with E-state index in [-0.39, 0.29) is 0 Å². The third-order valence-electron chi connectivity index (χ3n) is 3.76. The fraction of sp³-hybridized carbons (Fsp3) is 0.150. The van der Waals surface area contributed by atoms with Crippen molar-refractivity contribution in [2.75, 3.05) is 13.6 Å². The Morgan fingerprint density at radius 2 is 1.38 bits per heavy atom. The minimum absolute atomic E-state index is 0.480. The Kier molecular flexibility index (Phi) is 6.05. The number of rotatable bonds is 8. The Labute approximate surface area is 153 Å². The van der Waals surface area contributed by atoms with Crippen LogP contribution in [0, 0.1) is 0 Å². The summed E-state index contributed by atoms with van der Waals surface area (Å²) >= 11 is 0. The summed E-state index contributed by atoms with van der Waals surface area (Å²) < 4.78 is 26.7. The lowest BCUT2D eigenvalue weighted by molar-refractivity contribution is 0.307. The Bertz CT molecular complexity index is 799. The second-order valence-electron chi connectivity index (χ2n) is 5.73. The van der Waals surface area contributed by atoms with E-state index in [0.29, 0.717) is 24.5 Å². The molecule has 1 aromatic heterocycles. The summed E-state index contributed by atoms with van der Waals surface area (Å²) in [4.78, 5) is 4.30. The molecule has 0 aliphatic carbocycles. The predicted octanol–water partition coefficient (Wildman–Crippen LogP) is 4.82. The lowest BCUT2D eigenvalue weighted by Gasteiger charge is -2.27. The van der Waals surface area contributed by atoms with Gasteiger partial charge in [0.1, 0.15) is 11.5 Å². The van der Waals surface area contributed by atoms with Crippen molar-refractivity contribution in [1.82, 2.24) is 9.65 Å². The monoisotopic (exact) mass is 368 g/mol. The lowest BCUT2D eigenvalue weighted by atomic mass is 10.3. The third kappa shape index (κ3) is 4.94. The van der Waals surface area contributed by atoms with Crippen LogP contribution < -0.4 is 9.05 Å². The molecule has 3 rings (SSSR count). The Balaban J connectivity index is 1.78. The molecule has 0 fully saturated rings. The van der Waals surface area contributed by atoms with Crippen LogP contribution in [0.2, 0.25) is 0 Å². The highest BCUT2D eigenvalue weighted by Gasteiger charge is 2.34. The second-order valence-corrected chi connectivity index (χ2v) is 7.71. The van der Waals surface area contributed by atoms with E-state index >= 15 is 0 Å². The fourth-order valence-corrected chi connectivity index (χ4v) is 3.77. The van der Waals surface area contributed by atoms with Gasteiger partial charge in [-0.15, -0.1) is 0 Å². The van der Waals surface area contributed by atoms with Gasteiger partial charge in [0.15, 0.2) is 0 Å². The minimum atomic E-state index is -3.59. The summed E-state index contributed by atoms with van der Waals surface area (Å²) in [7, 11) is -1.85. The SMILES string of the molecule is CN(CCc1ccccn1)P(=O)(Oc1ccccc1)Oc1ccccc1. The molecule has 134 valence electrons. The molecule has 0 aliphatic rings. The smallest absolute Gasteiger partial charge is 0.404 e. The fourth-order valence-electron chi connectivity index (χ4n) is 2.33. The highest BCUT2D eigenvalue weighted by molar-refractivity contribution is 7.52. The molecule has 0 atom stereocenters. The van der Waals surface area contributed by atoms with Gasteiger partial charge in [0.05, 0.1) is 0 Å². The van der Waals surface area contributed by atoms with Crippen LogP contribution >= 0.6 is 7.75 Å². The highest BCUT2D eigenvalue weighted by Crippen LogP contribution is 2.50. The molecule has 0 spiro atoms. The van der Waals surface area contributed by atoms with Gasteiger partial charge in [0.25, 0.3) is 0 Å². The maximum absolute atomic E-state index is 13.5. The van der Waals surface area contributed by atoms with Crippen LogP contribution in [0.3, 0.4) is 0 Å². The first-order chi connectivity index (χ1) is 12.7. The van der Waals surface area contributed by atoms with Crippen LogP contribution in [-0.4, -0.2) is 23.2 Å². The Morgan fingerprint density at radius 1 is 0.846 bits per heavy atom. The van der Waals surface area contributed by atoms with Crippen LogP contribution in [-0.2, 0) is 11.0 Å². The molecule has 2 aromatic carbocycles.